The molecule has 0 saturated carbocycles. The molecule has 1 aliphatic rings. The van der Waals surface area contributed by atoms with Gasteiger partial charge in [-0.3, -0.25) is 19.0 Å². The van der Waals surface area contributed by atoms with Gasteiger partial charge in [-0.2, -0.15) is 17.4 Å². The van der Waals surface area contributed by atoms with E-state index in [1.54, 1.807) is 30.3 Å². The largest absolute Gasteiger partial charge is 0.481 e. The predicted octanol–water partition coefficient (Wildman–Crippen LogP) is 6.43. The third kappa shape index (κ3) is 8.20. The maximum absolute atomic E-state index is 15.5. The average molecular weight is 640 g/mol. The van der Waals surface area contributed by atoms with E-state index in [0.717, 1.165) is 0 Å². The van der Waals surface area contributed by atoms with Crippen LogP contribution in [0.5, 0.6) is 0 Å². The average Bonchev–Trinajstić information content (AvgIpc) is 3.20. The van der Waals surface area contributed by atoms with Crippen LogP contribution in [0.3, 0.4) is 0 Å². The van der Waals surface area contributed by atoms with E-state index >= 15 is 8.78 Å². The lowest BCUT2D eigenvalue weighted by Crippen LogP contribution is -2.32. The standard InChI is InChI=1S/C31H34F4N2O6S/c1-21(38)36(22-13-5-3-6-14-22)18-11-8-15-23-31(2,17-9-12-20-44(41,42)43)25-26(32)27(33)28(34)29(35)30(25)37(23)19-10-4-7-16-24(39)40/h3,5-6,8,11,13-15,18H,4,7,9-10,12,16-17,19-20H2,1-2H3,(H-,39,40,41,42,43)/p+1. The summed E-state index contributed by atoms with van der Waals surface area (Å²) in [6.07, 6.45) is 6.99. The lowest BCUT2D eigenvalue weighted by Gasteiger charge is -2.23. The summed E-state index contributed by atoms with van der Waals surface area (Å²) < 4.78 is 93.0. The molecule has 2 aromatic rings. The van der Waals surface area contributed by atoms with Crippen LogP contribution in [0.2, 0.25) is 0 Å². The number of fused-ring (bicyclic) bond motifs is 1. The first-order chi connectivity index (χ1) is 20.7. The van der Waals surface area contributed by atoms with E-state index in [1.165, 1.54) is 47.8 Å². The Labute approximate surface area is 253 Å². The van der Waals surface area contributed by atoms with Gasteiger partial charge < -0.3 is 5.11 Å². The van der Waals surface area contributed by atoms with Crippen molar-refractivity contribution in [2.45, 2.75) is 64.2 Å². The van der Waals surface area contributed by atoms with Gasteiger partial charge in [0.05, 0.1) is 16.7 Å². The maximum Gasteiger partial charge on any atom is 0.303 e. The Bertz CT molecular complexity index is 1590. The number of hydrogen-bond acceptors (Lipinski definition) is 4. The molecule has 2 aromatic carbocycles. The highest BCUT2D eigenvalue weighted by Crippen LogP contribution is 2.47. The van der Waals surface area contributed by atoms with Crippen molar-refractivity contribution in [2.75, 3.05) is 17.2 Å². The number of carbonyl (C=O) groups is 2. The molecule has 0 aromatic heterocycles. The normalized spacial score (nSPS) is 16.7. The topological polar surface area (TPSA) is 115 Å². The van der Waals surface area contributed by atoms with Gasteiger partial charge in [0.2, 0.25) is 17.5 Å². The zero-order chi connectivity index (χ0) is 32.7. The zero-order valence-electron chi connectivity index (χ0n) is 24.4. The van der Waals surface area contributed by atoms with Crippen molar-refractivity contribution in [1.29, 1.82) is 0 Å². The number of carboxylic acids is 1. The molecule has 8 nitrogen and oxygen atoms in total. The summed E-state index contributed by atoms with van der Waals surface area (Å²) in [5.74, 6) is -8.96. The van der Waals surface area contributed by atoms with Gasteiger partial charge in [-0.1, -0.05) is 30.7 Å². The summed E-state index contributed by atoms with van der Waals surface area (Å²) in [6.45, 7) is 2.90. The highest BCUT2D eigenvalue weighted by molar-refractivity contribution is 7.85. The molecule has 1 atom stereocenters. The molecule has 2 N–H and O–H groups in total. The second-order valence-corrected chi connectivity index (χ2v) is 12.3. The number of carbonyl (C=O) groups excluding carboxylic acids is 1. The Morgan fingerprint density at radius 2 is 1.59 bits per heavy atom. The molecule has 0 fully saturated rings. The van der Waals surface area contributed by atoms with Crippen LogP contribution >= 0.6 is 0 Å². The molecule has 0 bridgehead atoms. The molecule has 0 aliphatic carbocycles. The number of amides is 1. The number of allylic oxidation sites excluding steroid dienone is 3. The predicted molar refractivity (Wildman–Crippen MR) is 158 cm³/mol. The van der Waals surface area contributed by atoms with Crippen LogP contribution in [0.1, 0.15) is 64.4 Å². The second-order valence-electron chi connectivity index (χ2n) is 10.7. The fraction of sp³-hybridized carbons (Fsp3) is 0.387. The fourth-order valence-corrected chi connectivity index (χ4v) is 5.98. The molecule has 1 amide bonds. The van der Waals surface area contributed by atoms with E-state index in [1.807, 2.05) is 0 Å². The molecule has 3 rings (SSSR count). The number of halogens is 4. The van der Waals surface area contributed by atoms with E-state index in [-0.39, 0.29) is 43.8 Å². The number of carboxylic acid groups (broad SMARTS) is 1. The van der Waals surface area contributed by atoms with Crippen molar-refractivity contribution in [3.63, 3.8) is 0 Å². The lowest BCUT2D eigenvalue weighted by atomic mass is 9.75. The molecule has 13 heteroatoms. The molecule has 1 heterocycles. The van der Waals surface area contributed by atoms with Crippen LogP contribution in [0.25, 0.3) is 0 Å². The number of anilines is 1. The third-order valence-corrected chi connectivity index (χ3v) is 8.30. The molecule has 0 spiro atoms. The van der Waals surface area contributed by atoms with Gasteiger partial charge >= 0.3 is 5.97 Å². The summed E-state index contributed by atoms with van der Waals surface area (Å²) in [7, 11) is -4.29. The Morgan fingerprint density at radius 1 is 0.932 bits per heavy atom. The van der Waals surface area contributed by atoms with E-state index in [9.17, 15) is 26.8 Å². The van der Waals surface area contributed by atoms with Crippen molar-refractivity contribution in [3.05, 3.63) is 83.6 Å². The van der Waals surface area contributed by atoms with Crippen molar-refractivity contribution in [3.8, 4) is 0 Å². The van der Waals surface area contributed by atoms with E-state index in [4.69, 9.17) is 9.66 Å². The van der Waals surface area contributed by atoms with Crippen molar-refractivity contribution < 1.29 is 49.8 Å². The number of benzene rings is 2. The highest BCUT2D eigenvalue weighted by Gasteiger charge is 2.53. The number of unbranched alkanes of at least 4 members (excludes halogenated alkanes) is 3. The monoisotopic (exact) mass is 639 g/mol. The molecule has 0 radical (unpaired) electrons. The number of aliphatic carboxylic acids is 1. The molecule has 44 heavy (non-hydrogen) atoms. The smallest absolute Gasteiger partial charge is 0.303 e. The number of nitrogens with zero attached hydrogens (tertiary/aromatic N) is 2. The van der Waals surface area contributed by atoms with E-state index in [2.05, 4.69) is 0 Å². The van der Waals surface area contributed by atoms with E-state index < -0.39 is 61.8 Å². The van der Waals surface area contributed by atoms with E-state index in [0.29, 0.717) is 24.9 Å². The molecule has 238 valence electrons. The SMILES string of the molecule is CC(=O)N(/C=C/C=C/C1=[N+](CCCCCC(=O)O)c2c(F)c(F)c(F)c(F)c2C1(C)CCCCS(=O)(=O)O)c1ccccc1. The molecular formula is C31H35F4N2O6S+. The zero-order valence-corrected chi connectivity index (χ0v) is 25.2. The van der Waals surface area contributed by atoms with Crippen molar-refractivity contribution in [1.82, 2.24) is 0 Å². The number of para-hydroxylation sites is 1. The number of hydrogen-bond donors (Lipinski definition) is 2. The molecule has 1 unspecified atom stereocenters. The van der Waals surface area contributed by atoms with Crippen LogP contribution in [0.4, 0.5) is 28.9 Å². The van der Waals surface area contributed by atoms with Gasteiger partial charge in [-0.25, -0.2) is 13.2 Å². The Kier molecular flexibility index (Phi) is 11.6. The maximum atomic E-state index is 15.5. The van der Waals surface area contributed by atoms with Crippen LogP contribution in [-0.4, -0.2) is 52.5 Å². The van der Waals surface area contributed by atoms with Gasteiger partial charge in [-0.05, 0) is 50.8 Å². The third-order valence-electron chi connectivity index (χ3n) is 7.50. The second kappa shape index (κ2) is 14.8. The van der Waals surface area contributed by atoms with Crippen molar-refractivity contribution in [2.24, 2.45) is 0 Å². The van der Waals surface area contributed by atoms with Crippen LogP contribution in [0.15, 0.2) is 54.8 Å². The Morgan fingerprint density at radius 3 is 2.20 bits per heavy atom. The Balaban J connectivity index is 2.09. The minimum absolute atomic E-state index is 0.0144. The number of rotatable bonds is 15. The minimum Gasteiger partial charge on any atom is -0.481 e. The van der Waals surface area contributed by atoms with Crippen molar-refractivity contribution >= 4 is 39.1 Å². The van der Waals surface area contributed by atoms with Crippen LogP contribution < -0.4 is 4.90 Å². The quantitative estimate of drug-likeness (QED) is 0.0442. The summed E-state index contributed by atoms with van der Waals surface area (Å²) >= 11 is 0. The van der Waals surface area contributed by atoms with Gasteiger partial charge in [0.25, 0.3) is 15.8 Å². The Hall–Kier alpha value is -3.84. The first-order valence-corrected chi connectivity index (χ1v) is 15.7. The van der Waals surface area contributed by atoms with Gasteiger partial charge in [-0.15, -0.1) is 0 Å². The van der Waals surface area contributed by atoms with Gasteiger partial charge in [0.15, 0.2) is 17.3 Å². The van der Waals surface area contributed by atoms with Crippen LogP contribution in [-0.2, 0) is 25.1 Å². The van der Waals surface area contributed by atoms with Crippen LogP contribution in [0, 0.1) is 23.3 Å². The molecular weight excluding hydrogens is 604 g/mol. The summed E-state index contributed by atoms with van der Waals surface area (Å²) in [4.78, 5) is 24.5. The van der Waals surface area contributed by atoms with Gasteiger partial charge in [0.1, 0.15) is 6.54 Å². The fourth-order valence-electron chi connectivity index (χ4n) is 5.41. The molecule has 0 saturated heterocycles. The summed E-state index contributed by atoms with van der Waals surface area (Å²) in [5, 5.41) is 8.93. The summed E-state index contributed by atoms with van der Waals surface area (Å²) in [5.41, 5.74) is -1.52. The first kappa shape index (κ1) is 34.6. The first-order valence-electron chi connectivity index (χ1n) is 14.1. The summed E-state index contributed by atoms with van der Waals surface area (Å²) in [6, 6.07) is 8.74. The minimum atomic E-state index is -4.29. The lowest BCUT2D eigenvalue weighted by molar-refractivity contribution is -0.441. The molecule has 1 aliphatic heterocycles. The van der Waals surface area contributed by atoms with Gasteiger partial charge in [0, 0.05) is 37.7 Å². The highest BCUT2D eigenvalue weighted by atomic mass is 32.2.